The molecular weight excluding hydrogens is 353 g/mol. The molecule has 1 fully saturated rings. The average molecular weight is 371 g/mol. The molecule has 8 heteroatoms. The Morgan fingerprint density at radius 2 is 1.78 bits per heavy atom. The molecular formula is C19H18FN3O4. The van der Waals surface area contributed by atoms with E-state index in [0.29, 0.717) is 17.0 Å². The van der Waals surface area contributed by atoms with Crippen molar-refractivity contribution < 1.29 is 23.5 Å². The molecule has 140 valence electrons. The first kappa shape index (κ1) is 18.4. The summed E-state index contributed by atoms with van der Waals surface area (Å²) in [5, 5.41) is 5.19. The summed E-state index contributed by atoms with van der Waals surface area (Å²) in [5.41, 5.74) is -0.417. The SMILES string of the molecule is COc1ccc(NC(=O)CN2C(=O)NC(C)(c3ccc(F)cc3)C2=O)cc1. The Labute approximate surface area is 155 Å². The molecule has 1 aliphatic heterocycles. The van der Waals surface area contributed by atoms with Gasteiger partial charge in [-0.05, 0) is 48.9 Å². The van der Waals surface area contributed by atoms with Gasteiger partial charge in [0.15, 0.2) is 0 Å². The van der Waals surface area contributed by atoms with Gasteiger partial charge in [-0.25, -0.2) is 9.18 Å². The Kier molecular flexibility index (Phi) is 4.81. The van der Waals surface area contributed by atoms with Crippen LogP contribution in [0.1, 0.15) is 12.5 Å². The first-order valence-electron chi connectivity index (χ1n) is 8.17. The molecule has 1 heterocycles. The van der Waals surface area contributed by atoms with Crippen LogP contribution in [0.2, 0.25) is 0 Å². The van der Waals surface area contributed by atoms with Crippen molar-refractivity contribution in [2.45, 2.75) is 12.5 Å². The van der Waals surface area contributed by atoms with E-state index >= 15 is 0 Å². The number of urea groups is 1. The number of anilines is 1. The van der Waals surface area contributed by atoms with Gasteiger partial charge in [-0.15, -0.1) is 0 Å². The van der Waals surface area contributed by atoms with E-state index in [4.69, 9.17) is 4.74 Å². The third-order valence-electron chi connectivity index (χ3n) is 4.37. The second kappa shape index (κ2) is 7.06. The van der Waals surface area contributed by atoms with E-state index in [0.717, 1.165) is 4.90 Å². The first-order valence-corrected chi connectivity index (χ1v) is 8.17. The highest BCUT2D eigenvalue weighted by atomic mass is 19.1. The fraction of sp³-hybridized carbons (Fsp3) is 0.211. The summed E-state index contributed by atoms with van der Waals surface area (Å²) in [4.78, 5) is 38.1. The molecule has 0 spiro atoms. The van der Waals surface area contributed by atoms with Crippen LogP contribution in [-0.2, 0) is 15.1 Å². The molecule has 7 nitrogen and oxygen atoms in total. The Morgan fingerprint density at radius 3 is 2.37 bits per heavy atom. The number of hydrogen-bond donors (Lipinski definition) is 2. The number of imide groups is 1. The Balaban J connectivity index is 1.71. The zero-order valence-electron chi connectivity index (χ0n) is 14.8. The number of rotatable bonds is 5. The van der Waals surface area contributed by atoms with Crippen molar-refractivity contribution >= 4 is 23.5 Å². The van der Waals surface area contributed by atoms with Gasteiger partial charge in [-0.3, -0.25) is 14.5 Å². The van der Waals surface area contributed by atoms with Crippen molar-refractivity contribution in [3.8, 4) is 5.75 Å². The van der Waals surface area contributed by atoms with Gasteiger partial charge in [0, 0.05) is 5.69 Å². The van der Waals surface area contributed by atoms with Crippen LogP contribution in [0.4, 0.5) is 14.9 Å². The van der Waals surface area contributed by atoms with Crippen LogP contribution >= 0.6 is 0 Å². The zero-order valence-corrected chi connectivity index (χ0v) is 14.8. The molecule has 1 aliphatic rings. The maximum absolute atomic E-state index is 13.1. The molecule has 0 saturated carbocycles. The maximum atomic E-state index is 13.1. The van der Waals surface area contributed by atoms with E-state index in [-0.39, 0.29) is 0 Å². The molecule has 0 bridgehead atoms. The summed E-state index contributed by atoms with van der Waals surface area (Å²) in [5.74, 6) is -0.914. The van der Waals surface area contributed by atoms with Crippen LogP contribution in [0.15, 0.2) is 48.5 Å². The zero-order chi connectivity index (χ0) is 19.6. The summed E-state index contributed by atoms with van der Waals surface area (Å²) in [6, 6.07) is 11.2. The fourth-order valence-corrected chi connectivity index (χ4v) is 2.84. The van der Waals surface area contributed by atoms with Gasteiger partial charge in [-0.1, -0.05) is 12.1 Å². The lowest BCUT2D eigenvalue weighted by molar-refractivity contribution is -0.133. The highest BCUT2D eigenvalue weighted by Crippen LogP contribution is 2.28. The van der Waals surface area contributed by atoms with Crippen LogP contribution in [0.25, 0.3) is 0 Å². The van der Waals surface area contributed by atoms with Crippen LogP contribution in [0.5, 0.6) is 5.75 Å². The van der Waals surface area contributed by atoms with E-state index in [9.17, 15) is 18.8 Å². The van der Waals surface area contributed by atoms with E-state index in [2.05, 4.69) is 10.6 Å². The maximum Gasteiger partial charge on any atom is 0.325 e. The predicted molar refractivity (Wildman–Crippen MR) is 95.6 cm³/mol. The number of nitrogens with one attached hydrogen (secondary N) is 2. The Hall–Kier alpha value is -3.42. The largest absolute Gasteiger partial charge is 0.497 e. The second-order valence-electron chi connectivity index (χ2n) is 6.23. The number of halogens is 1. The standard InChI is InChI=1S/C19H18FN3O4/c1-19(12-3-5-13(20)6-4-12)17(25)23(18(26)22-19)11-16(24)21-14-7-9-15(27-2)10-8-14/h3-10H,11H2,1-2H3,(H,21,24)(H,22,26). The van der Waals surface area contributed by atoms with Gasteiger partial charge in [0.1, 0.15) is 23.7 Å². The van der Waals surface area contributed by atoms with Gasteiger partial charge in [0.25, 0.3) is 5.91 Å². The number of nitrogens with zero attached hydrogens (tertiary/aromatic N) is 1. The minimum absolute atomic E-state index is 0.431. The number of benzene rings is 2. The highest BCUT2D eigenvalue weighted by Gasteiger charge is 2.49. The molecule has 1 unspecified atom stereocenters. The Bertz CT molecular complexity index is 883. The van der Waals surface area contributed by atoms with E-state index in [1.807, 2.05) is 0 Å². The Morgan fingerprint density at radius 1 is 1.15 bits per heavy atom. The molecule has 1 atom stereocenters. The van der Waals surface area contributed by atoms with Gasteiger partial charge in [0.05, 0.1) is 7.11 Å². The summed E-state index contributed by atoms with van der Waals surface area (Å²) in [6.07, 6.45) is 0. The number of carbonyl (C=O) groups is 3. The van der Waals surface area contributed by atoms with Crippen molar-refractivity contribution in [1.29, 1.82) is 0 Å². The van der Waals surface area contributed by atoms with Crippen molar-refractivity contribution in [3.63, 3.8) is 0 Å². The average Bonchev–Trinajstić information content (AvgIpc) is 2.87. The first-order chi connectivity index (χ1) is 12.8. The highest BCUT2D eigenvalue weighted by molar-refractivity contribution is 6.10. The summed E-state index contributed by atoms with van der Waals surface area (Å²) >= 11 is 0. The molecule has 3 rings (SSSR count). The van der Waals surface area contributed by atoms with Crippen LogP contribution in [-0.4, -0.2) is 36.4 Å². The number of amides is 4. The summed E-state index contributed by atoms with van der Waals surface area (Å²) in [6.45, 7) is 1.08. The van der Waals surface area contributed by atoms with E-state index in [1.165, 1.54) is 38.3 Å². The molecule has 2 aromatic rings. The number of carbonyl (C=O) groups excluding carboxylic acids is 3. The summed E-state index contributed by atoms with van der Waals surface area (Å²) in [7, 11) is 1.53. The monoisotopic (exact) mass is 371 g/mol. The smallest absolute Gasteiger partial charge is 0.325 e. The number of ether oxygens (including phenoxy) is 1. The van der Waals surface area contributed by atoms with Gasteiger partial charge < -0.3 is 15.4 Å². The molecule has 0 aromatic heterocycles. The van der Waals surface area contributed by atoms with Crippen molar-refractivity contribution in [3.05, 3.63) is 59.9 Å². The molecule has 0 aliphatic carbocycles. The lowest BCUT2D eigenvalue weighted by Gasteiger charge is -2.22. The van der Waals surface area contributed by atoms with Crippen molar-refractivity contribution in [1.82, 2.24) is 10.2 Å². The van der Waals surface area contributed by atoms with E-state index < -0.39 is 35.7 Å². The topological polar surface area (TPSA) is 87.7 Å². The number of methoxy groups -OCH3 is 1. The second-order valence-corrected chi connectivity index (χ2v) is 6.23. The van der Waals surface area contributed by atoms with Crippen molar-refractivity contribution in [2.24, 2.45) is 0 Å². The molecule has 27 heavy (non-hydrogen) atoms. The third kappa shape index (κ3) is 3.59. The fourth-order valence-electron chi connectivity index (χ4n) is 2.84. The normalized spacial score (nSPS) is 19.0. The van der Waals surface area contributed by atoms with Gasteiger partial charge >= 0.3 is 6.03 Å². The molecule has 1 saturated heterocycles. The third-order valence-corrected chi connectivity index (χ3v) is 4.37. The lowest BCUT2D eigenvalue weighted by atomic mass is 9.92. The predicted octanol–water partition coefficient (Wildman–Crippen LogP) is 2.24. The van der Waals surface area contributed by atoms with Crippen LogP contribution in [0, 0.1) is 5.82 Å². The van der Waals surface area contributed by atoms with Gasteiger partial charge in [-0.2, -0.15) is 0 Å². The lowest BCUT2D eigenvalue weighted by Crippen LogP contribution is -2.42. The van der Waals surface area contributed by atoms with Crippen LogP contribution < -0.4 is 15.4 Å². The number of hydrogen-bond acceptors (Lipinski definition) is 4. The molecule has 0 radical (unpaired) electrons. The molecule has 2 N–H and O–H groups in total. The quantitative estimate of drug-likeness (QED) is 0.789. The molecule has 2 aromatic carbocycles. The van der Waals surface area contributed by atoms with E-state index in [1.54, 1.807) is 24.3 Å². The molecule has 4 amide bonds. The summed E-state index contributed by atoms with van der Waals surface area (Å²) < 4.78 is 18.2. The minimum Gasteiger partial charge on any atom is -0.497 e. The van der Waals surface area contributed by atoms with Crippen molar-refractivity contribution in [2.75, 3.05) is 19.0 Å². The minimum atomic E-state index is -1.36. The van der Waals surface area contributed by atoms with Gasteiger partial charge in [0.2, 0.25) is 5.91 Å². The van der Waals surface area contributed by atoms with Crippen LogP contribution in [0.3, 0.4) is 0 Å².